The molecule has 0 spiro atoms. The summed E-state index contributed by atoms with van der Waals surface area (Å²) < 4.78 is 1.88. The molecule has 1 N–H and O–H groups in total. The average molecular weight is 349 g/mol. The van der Waals surface area contributed by atoms with E-state index in [1.165, 1.54) is 0 Å². The first kappa shape index (κ1) is 16.3. The van der Waals surface area contributed by atoms with Crippen molar-refractivity contribution in [3.63, 3.8) is 0 Å². The molecular weight excluding hydrogens is 330 g/mol. The van der Waals surface area contributed by atoms with Gasteiger partial charge in [0.05, 0.1) is 11.1 Å². The van der Waals surface area contributed by atoms with E-state index in [-0.39, 0.29) is 11.5 Å². The van der Waals surface area contributed by atoms with Crippen LogP contribution in [0.4, 0.5) is 0 Å². The van der Waals surface area contributed by atoms with Gasteiger partial charge in [0.15, 0.2) is 0 Å². The van der Waals surface area contributed by atoms with Crippen LogP contribution in [0.3, 0.4) is 0 Å². The predicted molar refractivity (Wildman–Crippen MR) is 97.7 cm³/mol. The van der Waals surface area contributed by atoms with Gasteiger partial charge in [-0.25, -0.2) is 9.78 Å². The third kappa shape index (κ3) is 2.83. The van der Waals surface area contributed by atoms with E-state index in [1.54, 1.807) is 30.5 Å². The lowest BCUT2D eigenvalue weighted by Crippen LogP contribution is -2.28. The van der Waals surface area contributed by atoms with Crippen LogP contribution in [-0.2, 0) is 0 Å². The largest absolute Gasteiger partial charge is 0.478 e. The van der Waals surface area contributed by atoms with Crippen LogP contribution in [0.5, 0.6) is 0 Å². The molecule has 6 nitrogen and oxygen atoms in total. The van der Waals surface area contributed by atoms with Crippen molar-refractivity contribution < 1.29 is 14.7 Å². The van der Waals surface area contributed by atoms with Crippen molar-refractivity contribution in [3.05, 3.63) is 59.9 Å². The molecule has 1 fully saturated rings. The maximum atomic E-state index is 12.6. The summed E-state index contributed by atoms with van der Waals surface area (Å²) in [5, 5.41) is 9.89. The number of aromatic nitrogens is 2. The Labute approximate surface area is 150 Å². The molecule has 2 aromatic heterocycles. The molecule has 3 aromatic rings. The zero-order valence-electron chi connectivity index (χ0n) is 14.4. The number of hydrogen-bond acceptors (Lipinski definition) is 3. The monoisotopic (exact) mass is 349 g/mol. The van der Waals surface area contributed by atoms with Gasteiger partial charge in [-0.1, -0.05) is 6.92 Å². The van der Waals surface area contributed by atoms with E-state index >= 15 is 0 Å². The van der Waals surface area contributed by atoms with Crippen LogP contribution in [-0.4, -0.2) is 44.5 Å². The average Bonchev–Trinajstić information content (AvgIpc) is 3.27. The van der Waals surface area contributed by atoms with Crippen LogP contribution >= 0.6 is 0 Å². The summed E-state index contributed by atoms with van der Waals surface area (Å²) in [6, 6.07) is 10.4. The number of carboxylic acid groups (broad SMARTS) is 1. The van der Waals surface area contributed by atoms with Gasteiger partial charge in [-0.05, 0) is 48.7 Å². The van der Waals surface area contributed by atoms with Gasteiger partial charge < -0.3 is 14.6 Å². The normalized spacial score (nSPS) is 17.0. The van der Waals surface area contributed by atoms with E-state index in [0.717, 1.165) is 36.2 Å². The molecule has 1 aliphatic rings. The molecule has 0 radical (unpaired) electrons. The summed E-state index contributed by atoms with van der Waals surface area (Å²) in [7, 11) is 0. The fourth-order valence-corrected chi connectivity index (χ4v) is 3.42. The summed E-state index contributed by atoms with van der Waals surface area (Å²) in [5.41, 5.74) is 2.40. The Hall–Kier alpha value is -3.15. The Bertz CT molecular complexity index is 991. The lowest BCUT2D eigenvalue weighted by atomic mass is 10.2. The molecule has 1 aliphatic heterocycles. The van der Waals surface area contributed by atoms with Crippen LogP contribution in [0.15, 0.2) is 48.8 Å². The van der Waals surface area contributed by atoms with Crippen LogP contribution in [0.25, 0.3) is 16.7 Å². The number of hydrogen-bond donors (Lipinski definition) is 1. The van der Waals surface area contributed by atoms with Crippen molar-refractivity contribution in [2.24, 2.45) is 5.92 Å². The number of aromatic carboxylic acids is 1. The maximum absolute atomic E-state index is 12.6. The van der Waals surface area contributed by atoms with Crippen molar-refractivity contribution >= 4 is 22.9 Å². The molecular formula is C20H19N3O3. The first-order valence-corrected chi connectivity index (χ1v) is 8.63. The molecule has 0 saturated carbocycles. The van der Waals surface area contributed by atoms with Crippen LogP contribution in [0.1, 0.15) is 34.1 Å². The van der Waals surface area contributed by atoms with E-state index in [0.29, 0.717) is 11.5 Å². The number of amides is 1. The Morgan fingerprint density at radius 3 is 2.58 bits per heavy atom. The van der Waals surface area contributed by atoms with Gasteiger partial charge >= 0.3 is 5.97 Å². The minimum Gasteiger partial charge on any atom is -0.478 e. The molecule has 1 aromatic carbocycles. The molecule has 26 heavy (non-hydrogen) atoms. The van der Waals surface area contributed by atoms with Gasteiger partial charge in [0.25, 0.3) is 5.91 Å². The smallest absolute Gasteiger partial charge is 0.335 e. The zero-order valence-corrected chi connectivity index (χ0v) is 14.4. The Kier molecular flexibility index (Phi) is 3.95. The molecule has 0 aliphatic carbocycles. The van der Waals surface area contributed by atoms with Crippen molar-refractivity contribution in [2.75, 3.05) is 13.1 Å². The predicted octanol–water partition coefficient (Wildman–Crippen LogP) is 3.21. The van der Waals surface area contributed by atoms with Gasteiger partial charge in [0.2, 0.25) is 0 Å². The Morgan fingerprint density at radius 1 is 1.15 bits per heavy atom. The second kappa shape index (κ2) is 6.29. The third-order valence-corrected chi connectivity index (χ3v) is 4.88. The molecule has 0 unspecified atom stereocenters. The Balaban J connectivity index is 1.65. The quantitative estimate of drug-likeness (QED) is 0.788. The molecule has 1 saturated heterocycles. The molecule has 1 amide bonds. The fraction of sp³-hybridized carbons (Fsp3) is 0.250. The van der Waals surface area contributed by atoms with Crippen molar-refractivity contribution in [3.8, 4) is 5.69 Å². The number of rotatable bonds is 3. The second-order valence-electron chi connectivity index (χ2n) is 6.82. The molecule has 132 valence electrons. The molecule has 1 atom stereocenters. The van der Waals surface area contributed by atoms with Gasteiger partial charge in [-0.15, -0.1) is 0 Å². The van der Waals surface area contributed by atoms with E-state index in [4.69, 9.17) is 5.11 Å². The van der Waals surface area contributed by atoms with E-state index in [2.05, 4.69) is 11.9 Å². The standard InChI is InChI=1S/C20H19N3O3/c1-13-6-8-22(12-13)19(24)16-10-15-7-9-23(18(15)21-11-16)17-4-2-14(3-5-17)20(25)26/h2-5,7,9-11,13H,6,8,12H2,1H3,(H,25,26)/t13-/m1/s1. The summed E-state index contributed by atoms with van der Waals surface area (Å²) in [4.78, 5) is 30.0. The number of fused-ring (bicyclic) bond motifs is 1. The second-order valence-corrected chi connectivity index (χ2v) is 6.82. The highest BCUT2D eigenvalue weighted by Crippen LogP contribution is 2.22. The van der Waals surface area contributed by atoms with E-state index in [9.17, 15) is 9.59 Å². The molecule has 0 bridgehead atoms. The van der Waals surface area contributed by atoms with Crippen molar-refractivity contribution in [1.82, 2.24) is 14.5 Å². The van der Waals surface area contributed by atoms with Crippen LogP contribution in [0, 0.1) is 5.92 Å². The van der Waals surface area contributed by atoms with Gasteiger partial charge in [-0.3, -0.25) is 4.79 Å². The molecule has 4 rings (SSSR count). The highest BCUT2D eigenvalue weighted by Gasteiger charge is 2.24. The number of nitrogens with zero attached hydrogens (tertiary/aromatic N) is 3. The number of benzene rings is 1. The topological polar surface area (TPSA) is 75.4 Å². The van der Waals surface area contributed by atoms with E-state index in [1.807, 2.05) is 27.8 Å². The van der Waals surface area contributed by atoms with Crippen LogP contribution < -0.4 is 0 Å². The highest BCUT2D eigenvalue weighted by atomic mass is 16.4. The van der Waals surface area contributed by atoms with Gasteiger partial charge in [0, 0.05) is 36.6 Å². The highest BCUT2D eigenvalue weighted by molar-refractivity contribution is 5.97. The summed E-state index contributed by atoms with van der Waals surface area (Å²) in [5.74, 6) is -0.376. The molecule has 6 heteroatoms. The van der Waals surface area contributed by atoms with Gasteiger partial charge in [-0.2, -0.15) is 0 Å². The first-order valence-electron chi connectivity index (χ1n) is 8.63. The number of carbonyl (C=O) groups excluding carboxylic acids is 1. The minimum atomic E-state index is -0.952. The minimum absolute atomic E-state index is 0.0299. The first-order chi connectivity index (χ1) is 12.5. The number of likely N-dealkylation sites (tertiary alicyclic amines) is 1. The van der Waals surface area contributed by atoms with Crippen molar-refractivity contribution in [1.29, 1.82) is 0 Å². The summed E-state index contributed by atoms with van der Waals surface area (Å²) >= 11 is 0. The SMILES string of the molecule is C[C@@H]1CCN(C(=O)c2cnc3c(ccn3-c3ccc(C(=O)O)cc3)c2)C1. The van der Waals surface area contributed by atoms with Crippen molar-refractivity contribution in [2.45, 2.75) is 13.3 Å². The maximum Gasteiger partial charge on any atom is 0.335 e. The molecule has 3 heterocycles. The summed E-state index contributed by atoms with van der Waals surface area (Å²) in [6.07, 6.45) is 4.54. The van der Waals surface area contributed by atoms with Gasteiger partial charge in [0.1, 0.15) is 5.65 Å². The van der Waals surface area contributed by atoms with Crippen LogP contribution in [0.2, 0.25) is 0 Å². The van der Waals surface area contributed by atoms with E-state index < -0.39 is 5.97 Å². The number of carbonyl (C=O) groups is 2. The fourth-order valence-electron chi connectivity index (χ4n) is 3.42. The summed E-state index contributed by atoms with van der Waals surface area (Å²) in [6.45, 7) is 3.76. The lowest BCUT2D eigenvalue weighted by molar-refractivity contribution is 0.0696. The number of carboxylic acids is 1. The number of pyridine rings is 1. The zero-order chi connectivity index (χ0) is 18.3. The Morgan fingerprint density at radius 2 is 1.92 bits per heavy atom. The third-order valence-electron chi connectivity index (χ3n) is 4.88. The lowest BCUT2D eigenvalue weighted by Gasteiger charge is -2.15.